The van der Waals surface area contributed by atoms with E-state index in [0.29, 0.717) is 0 Å². The highest BCUT2D eigenvalue weighted by molar-refractivity contribution is 5.81. The van der Waals surface area contributed by atoms with Gasteiger partial charge in [-0.2, -0.15) is 0 Å². The minimum absolute atomic E-state index is 0.0384. The lowest BCUT2D eigenvalue weighted by Gasteiger charge is -2.23. The molecule has 2 rings (SSSR count). The summed E-state index contributed by atoms with van der Waals surface area (Å²) >= 11 is 0. The molecule has 2 unspecified atom stereocenters. The number of methoxy groups -OCH3 is 1. The van der Waals surface area contributed by atoms with E-state index in [4.69, 9.17) is 14.2 Å². The number of rotatable bonds is 7. The number of esters is 1. The van der Waals surface area contributed by atoms with Crippen LogP contribution in [0.3, 0.4) is 0 Å². The summed E-state index contributed by atoms with van der Waals surface area (Å²) in [6.07, 6.45) is -2.63. The SMILES string of the molecule is COC1C(OC(=O)CCC(C)=O)[C@H](CO)O[C@@H]1n1ccc(=O)[nH]c1=O. The molecule has 0 aliphatic carbocycles. The number of ether oxygens (including phenoxy) is 3. The quantitative estimate of drug-likeness (QED) is 0.577. The van der Waals surface area contributed by atoms with Gasteiger partial charge in [0.2, 0.25) is 0 Å². The van der Waals surface area contributed by atoms with E-state index in [1.54, 1.807) is 0 Å². The summed E-state index contributed by atoms with van der Waals surface area (Å²) in [5, 5.41) is 9.49. The normalized spacial score (nSPS) is 25.7. The smallest absolute Gasteiger partial charge is 0.330 e. The Labute approximate surface area is 142 Å². The third-order valence-electron chi connectivity index (χ3n) is 3.81. The number of aliphatic hydroxyl groups excluding tert-OH is 1. The number of nitrogens with one attached hydrogen (secondary N) is 1. The summed E-state index contributed by atoms with van der Waals surface area (Å²) in [6, 6.07) is 1.14. The van der Waals surface area contributed by atoms with Crippen LogP contribution in [0, 0.1) is 0 Å². The van der Waals surface area contributed by atoms with Gasteiger partial charge >= 0.3 is 11.7 Å². The van der Waals surface area contributed by atoms with Crippen LogP contribution in [0.2, 0.25) is 0 Å². The van der Waals surface area contributed by atoms with Gasteiger partial charge in [0, 0.05) is 25.8 Å². The fraction of sp³-hybridized carbons (Fsp3) is 0.600. The van der Waals surface area contributed by atoms with Crippen molar-refractivity contribution in [1.29, 1.82) is 0 Å². The molecule has 0 spiro atoms. The van der Waals surface area contributed by atoms with Crippen molar-refractivity contribution in [2.45, 2.75) is 44.3 Å². The Morgan fingerprint density at radius 2 is 2.04 bits per heavy atom. The van der Waals surface area contributed by atoms with Crippen LogP contribution >= 0.6 is 0 Å². The molecule has 1 aliphatic heterocycles. The number of carbonyl (C=O) groups excluding carboxylic acids is 2. The summed E-state index contributed by atoms with van der Waals surface area (Å²) < 4.78 is 17.3. The molecule has 0 radical (unpaired) electrons. The standard InChI is InChI=1S/C15H20N2O8/c1-8(19)3-4-11(21)25-12-9(7-18)24-14(13(12)23-2)17-6-5-10(20)16-15(17)22/h5-6,9,12-14,18H,3-4,7H2,1-2H3,(H,16,20,22)/t9-,12?,13?,14-/m0/s1. The fourth-order valence-electron chi connectivity index (χ4n) is 2.59. The summed E-state index contributed by atoms with van der Waals surface area (Å²) in [4.78, 5) is 48.1. The van der Waals surface area contributed by atoms with Crippen LogP contribution in [0.1, 0.15) is 26.0 Å². The predicted molar refractivity (Wildman–Crippen MR) is 82.9 cm³/mol. The zero-order chi connectivity index (χ0) is 18.6. The van der Waals surface area contributed by atoms with E-state index in [-0.39, 0.29) is 18.6 Å². The highest BCUT2D eigenvalue weighted by Crippen LogP contribution is 2.32. The molecule has 0 aromatic carbocycles. The Hall–Kier alpha value is -2.30. The Morgan fingerprint density at radius 3 is 2.60 bits per heavy atom. The molecule has 1 aromatic heterocycles. The molecule has 1 saturated heterocycles. The summed E-state index contributed by atoms with van der Waals surface area (Å²) in [6.45, 7) is 0.887. The predicted octanol–water partition coefficient (Wildman–Crippen LogP) is -1.28. The van der Waals surface area contributed by atoms with Crippen molar-refractivity contribution >= 4 is 11.8 Å². The van der Waals surface area contributed by atoms with Gasteiger partial charge in [0.05, 0.1) is 13.0 Å². The number of hydrogen-bond acceptors (Lipinski definition) is 8. The topological polar surface area (TPSA) is 137 Å². The van der Waals surface area contributed by atoms with E-state index in [2.05, 4.69) is 4.98 Å². The highest BCUT2D eigenvalue weighted by Gasteiger charge is 2.48. The lowest BCUT2D eigenvalue weighted by Crippen LogP contribution is -2.41. The highest BCUT2D eigenvalue weighted by atomic mass is 16.6. The third-order valence-corrected chi connectivity index (χ3v) is 3.81. The molecule has 25 heavy (non-hydrogen) atoms. The third kappa shape index (κ3) is 4.41. The van der Waals surface area contributed by atoms with Crippen LogP contribution in [-0.4, -0.2) is 58.4 Å². The number of Topliss-reactive ketones (excluding diaryl/α,β-unsaturated/α-hetero) is 1. The van der Waals surface area contributed by atoms with Gasteiger partial charge < -0.3 is 24.1 Å². The zero-order valence-corrected chi connectivity index (χ0v) is 13.8. The number of carbonyl (C=O) groups is 2. The van der Waals surface area contributed by atoms with Crippen LogP contribution in [-0.2, 0) is 23.8 Å². The van der Waals surface area contributed by atoms with Gasteiger partial charge in [0.25, 0.3) is 5.56 Å². The first-order valence-corrected chi connectivity index (χ1v) is 7.67. The van der Waals surface area contributed by atoms with Crippen LogP contribution in [0.25, 0.3) is 0 Å². The van der Waals surface area contributed by atoms with Crippen molar-refractivity contribution in [3.05, 3.63) is 33.1 Å². The second-order valence-corrected chi connectivity index (χ2v) is 5.62. The molecule has 2 N–H and O–H groups in total. The van der Waals surface area contributed by atoms with Crippen molar-refractivity contribution in [3.63, 3.8) is 0 Å². The van der Waals surface area contributed by atoms with Gasteiger partial charge in [0.15, 0.2) is 12.3 Å². The van der Waals surface area contributed by atoms with Gasteiger partial charge in [0.1, 0.15) is 18.0 Å². The first kappa shape index (κ1) is 19.0. The molecule has 0 bridgehead atoms. The molecule has 138 valence electrons. The van der Waals surface area contributed by atoms with Crippen molar-refractivity contribution in [1.82, 2.24) is 9.55 Å². The van der Waals surface area contributed by atoms with Gasteiger partial charge in [-0.1, -0.05) is 0 Å². The largest absolute Gasteiger partial charge is 0.456 e. The minimum Gasteiger partial charge on any atom is -0.456 e. The van der Waals surface area contributed by atoms with Crippen LogP contribution in [0.15, 0.2) is 21.9 Å². The number of aliphatic hydroxyl groups is 1. The maximum Gasteiger partial charge on any atom is 0.330 e. The number of H-pyrrole nitrogens is 1. The molecule has 10 nitrogen and oxygen atoms in total. The molecular formula is C15H20N2O8. The van der Waals surface area contributed by atoms with E-state index in [1.165, 1.54) is 20.2 Å². The number of aromatic nitrogens is 2. The van der Waals surface area contributed by atoms with E-state index < -0.39 is 48.4 Å². The van der Waals surface area contributed by atoms with Gasteiger partial charge in [-0.25, -0.2) is 4.79 Å². The number of ketones is 1. The van der Waals surface area contributed by atoms with E-state index >= 15 is 0 Å². The second-order valence-electron chi connectivity index (χ2n) is 5.62. The first-order chi connectivity index (χ1) is 11.9. The van der Waals surface area contributed by atoms with Crippen LogP contribution in [0.5, 0.6) is 0 Å². The average Bonchev–Trinajstić information content (AvgIpc) is 2.90. The zero-order valence-electron chi connectivity index (χ0n) is 13.8. The molecular weight excluding hydrogens is 336 g/mol. The number of hydrogen-bond donors (Lipinski definition) is 2. The average molecular weight is 356 g/mol. The Morgan fingerprint density at radius 1 is 1.32 bits per heavy atom. The monoisotopic (exact) mass is 356 g/mol. The Bertz CT molecular complexity index is 740. The number of nitrogens with zero attached hydrogens (tertiary/aromatic N) is 1. The molecule has 1 fully saturated rings. The van der Waals surface area contributed by atoms with Crippen molar-refractivity contribution in [2.24, 2.45) is 0 Å². The van der Waals surface area contributed by atoms with Gasteiger partial charge in [-0.05, 0) is 6.92 Å². The summed E-state index contributed by atoms with van der Waals surface area (Å²) in [5.41, 5.74) is -1.29. The van der Waals surface area contributed by atoms with Crippen LogP contribution in [0.4, 0.5) is 0 Å². The van der Waals surface area contributed by atoms with E-state index in [9.17, 15) is 24.3 Å². The molecule has 4 atom stereocenters. The molecule has 1 aromatic rings. The second kappa shape index (κ2) is 8.19. The van der Waals surface area contributed by atoms with Crippen molar-refractivity contribution in [3.8, 4) is 0 Å². The van der Waals surface area contributed by atoms with E-state index in [1.807, 2.05) is 0 Å². The maximum atomic E-state index is 12.0. The molecule has 2 heterocycles. The summed E-state index contributed by atoms with van der Waals surface area (Å²) in [7, 11) is 1.34. The molecule has 0 amide bonds. The first-order valence-electron chi connectivity index (χ1n) is 7.67. The summed E-state index contributed by atoms with van der Waals surface area (Å²) in [5.74, 6) is -0.793. The van der Waals surface area contributed by atoms with Crippen molar-refractivity contribution in [2.75, 3.05) is 13.7 Å². The number of aromatic amines is 1. The van der Waals surface area contributed by atoms with Crippen molar-refractivity contribution < 1.29 is 28.9 Å². The lowest BCUT2D eigenvalue weighted by molar-refractivity contribution is -0.158. The molecule has 1 aliphatic rings. The maximum absolute atomic E-state index is 12.0. The van der Waals surface area contributed by atoms with Gasteiger partial charge in [-0.15, -0.1) is 0 Å². The Kier molecular flexibility index (Phi) is 6.23. The van der Waals surface area contributed by atoms with Crippen LogP contribution < -0.4 is 11.2 Å². The Balaban J connectivity index is 2.22. The fourth-order valence-corrected chi connectivity index (χ4v) is 2.59. The lowest BCUT2D eigenvalue weighted by atomic mass is 10.1. The molecule has 0 saturated carbocycles. The van der Waals surface area contributed by atoms with Gasteiger partial charge in [-0.3, -0.25) is 19.1 Å². The molecule has 10 heteroatoms. The van der Waals surface area contributed by atoms with E-state index in [0.717, 1.165) is 10.6 Å². The minimum atomic E-state index is -1.00.